The lowest BCUT2D eigenvalue weighted by molar-refractivity contribution is 0.373. The highest BCUT2D eigenvalue weighted by Crippen LogP contribution is 2.25. The molecule has 4 N–H and O–H groups in total. The standard InChI is InChI=1S/C13H12N6O3/c1-22-9-4-7(2-3-8(9)20)5-16-19-13-17-10-11(18-13)14-6-15-12(10)21/h2-6,20H,1H3,(H3,14,15,17,18,19,21)/b16-5+. The van der Waals surface area contributed by atoms with Crippen molar-refractivity contribution in [3.05, 3.63) is 40.4 Å². The number of anilines is 1. The highest BCUT2D eigenvalue weighted by molar-refractivity contribution is 5.81. The summed E-state index contributed by atoms with van der Waals surface area (Å²) in [5, 5.41) is 13.5. The predicted molar refractivity (Wildman–Crippen MR) is 80.4 cm³/mol. The summed E-state index contributed by atoms with van der Waals surface area (Å²) in [6.07, 6.45) is 2.80. The van der Waals surface area contributed by atoms with E-state index in [-0.39, 0.29) is 16.8 Å². The van der Waals surface area contributed by atoms with Crippen LogP contribution in [0.15, 0.2) is 34.4 Å². The summed E-state index contributed by atoms with van der Waals surface area (Å²) in [6.45, 7) is 0. The maximum atomic E-state index is 11.5. The van der Waals surface area contributed by atoms with E-state index in [2.05, 4.69) is 30.5 Å². The molecule has 112 valence electrons. The first kappa shape index (κ1) is 13.6. The molecule has 0 bridgehead atoms. The van der Waals surface area contributed by atoms with Crippen molar-refractivity contribution in [2.75, 3.05) is 12.5 Å². The van der Waals surface area contributed by atoms with E-state index in [0.29, 0.717) is 22.9 Å². The minimum atomic E-state index is -0.308. The molecule has 0 saturated carbocycles. The molecule has 3 aromatic rings. The number of hydrazone groups is 1. The normalized spacial score (nSPS) is 11.1. The van der Waals surface area contributed by atoms with Gasteiger partial charge in [0.05, 0.1) is 19.7 Å². The molecule has 22 heavy (non-hydrogen) atoms. The Labute approximate surface area is 123 Å². The van der Waals surface area contributed by atoms with Gasteiger partial charge in [-0.1, -0.05) is 0 Å². The van der Waals surface area contributed by atoms with Crippen LogP contribution >= 0.6 is 0 Å². The molecule has 0 aliphatic heterocycles. The van der Waals surface area contributed by atoms with Crippen LogP contribution in [0.4, 0.5) is 5.95 Å². The smallest absolute Gasteiger partial charge is 0.276 e. The summed E-state index contributed by atoms with van der Waals surface area (Å²) in [5.74, 6) is 0.694. The van der Waals surface area contributed by atoms with E-state index >= 15 is 0 Å². The van der Waals surface area contributed by atoms with E-state index < -0.39 is 0 Å². The number of nitrogens with one attached hydrogen (secondary N) is 3. The molecule has 0 amide bonds. The highest BCUT2D eigenvalue weighted by Gasteiger charge is 2.05. The zero-order valence-electron chi connectivity index (χ0n) is 11.5. The number of ether oxygens (including phenoxy) is 1. The Morgan fingerprint density at radius 1 is 1.45 bits per heavy atom. The number of fused-ring (bicyclic) bond motifs is 1. The van der Waals surface area contributed by atoms with Gasteiger partial charge in [0, 0.05) is 0 Å². The molecule has 0 saturated heterocycles. The van der Waals surface area contributed by atoms with Crippen molar-refractivity contribution in [2.45, 2.75) is 0 Å². The number of imidazole rings is 1. The van der Waals surface area contributed by atoms with Crippen LogP contribution in [0.3, 0.4) is 0 Å². The van der Waals surface area contributed by atoms with E-state index in [4.69, 9.17) is 4.74 Å². The summed E-state index contributed by atoms with van der Waals surface area (Å²) in [6, 6.07) is 4.81. The van der Waals surface area contributed by atoms with Gasteiger partial charge in [0.25, 0.3) is 5.56 Å². The molecule has 9 nitrogen and oxygen atoms in total. The highest BCUT2D eigenvalue weighted by atomic mass is 16.5. The van der Waals surface area contributed by atoms with Gasteiger partial charge in [0.15, 0.2) is 22.7 Å². The van der Waals surface area contributed by atoms with Crippen molar-refractivity contribution >= 4 is 23.3 Å². The van der Waals surface area contributed by atoms with Crippen molar-refractivity contribution in [1.29, 1.82) is 0 Å². The number of hydrogen-bond donors (Lipinski definition) is 4. The summed E-state index contributed by atoms with van der Waals surface area (Å²) < 4.78 is 5.01. The van der Waals surface area contributed by atoms with Crippen molar-refractivity contribution in [3.63, 3.8) is 0 Å². The second-order valence-electron chi connectivity index (χ2n) is 4.32. The lowest BCUT2D eigenvalue weighted by Crippen LogP contribution is -2.05. The average molecular weight is 300 g/mol. The van der Waals surface area contributed by atoms with Crippen LogP contribution in [0.2, 0.25) is 0 Å². The summed E-state index contributed by atoms with van der Waals surface area (Å²) >= 11 is 0. The maximum absolute atomic E-state index is 11.5. The summed E-state index contributed by atoms with van der Waals surface area (Å²) in [7, 11) is 1.47. The largest absolute Gasteiger partial charge is 0.504 e. The third-order valence-electron chi connectivity index (χ3n) is 2.88. The second-order valence-corrected chi connectivity index (χ2v) is 4.32. The Kier molecular flexibility index (Phi) is 3.44. The molecule has 0 radical (unpaired) electrons. The molecule has 0 atom stereocenters. The Morgan fingerprint density at radius 3 is 3.09 bits per heavy atom. The van der Waals surface area contributed by atoms with Crippen LogP contribution in [0.5, 0.6) is 11.5 Å². The molecule has 2 heterocycles. The minimum Gasteiger partial charge on any atom is -0.504 e. The van der Waals surface area contributed by atoms with Gasteiger partial charge in [-0.3, -0.25) is 4.79 Å². The molecule has 9 heteroatoms. The molecule has 1 aromatic carbocycles. The fraction of sp³-hybridized carbons (Fsp3) is 0.0769. The maximum Gasteiger partial charge on any atom is 0.276 e. The average Bonchev–Trinajstić information content (AvgIpc) is 2.93. The van der Waals surface area contributed by atoms with Crippen molar-refractivity contribution < 1.29 is 9.84 Å². The quantitative estimate of drug-likeness (QED) is 0.417. The second kappa shape index (κ2) is 5.56. The van der Waals surface area contributed by atoms with E-state index in [1.54, 1.807) is 12.1 Å². The summed E-state index contributed by atoms with van der Waals surface area (Å²) in [4.78, 5) is 24.7. The first-order valence-electron chi connectivity index (χ1n) is 6.27. The van der Waals surface area contributed by atoms with E-state index in [0.717, 1.165) is 0 Å². The number of hydrogen-bond acceptors (Lipinski definition) is 7. The van der Waals surface area contributed by atoms with Crippen LogP contribution in [-0.4, -0.2) is 38.4 Å². The Morgan fingerprint density at radius 2 is 2.32 bits per heavy atom. The predicted octanol–water partition coefficient (Wildman–Crippen LogP) is 0.806. The van der Waals surface area contributed by atoms with Crippen LogP contribution in [-0.2, 0) is 0 Å². The minimum absolute atomic E-state index is 0.0511. The fourth-order valence-electron chi connectivity index (χ4n) is 1.84. The number of methoxy groups -OCH3 is 1. The zero-order valence-corrected chi connectivity index (χ0v) is 11.5. The number of phenolic OH excluding ortho intramolecular Hbond substituents is 1. The molecular formula is C13H12N6O3. The summed E-state index contributed by atoms with van der Waals surface area (Å²) in [5.41, 5.74) is 3.65. The monoisotopic (exact) mass is 300 g/mol. The molecule has 0 fully saturated rings. The number of benzene rings is 1. The van der Waals surface area contributed by atoms with E-state index in [1.807, 2.05) is 0 Å². The van der Waals surface area contributed by atoms with Gasteiger partial charge in [0.1, 0.15) is 0 Å². The molecule has 2 aromatic heterocycles. The molecule has 0 aliphatic carbocycles. The lowest BCUT2D eigenvalue weighted by Gasteiger charge is -2.03. The van der Waals surface area contributed by atoms with Crippen LogP contribution < -0.4 is 15.7 Å². The third-order valence-corrected chi connectivity index (χ3v) is 2.88. The van der Waals surface area contributed by atoms with Gasteiger partial charge in [-0.15, -0.1) is 0 Å². The number of aromatic amines is 2. The number of phenols is 1. The van der Waals surface area contributed by atoms with Gasteiger partial charge < -0.3 is 19.8 Å². The number of aromatic hydroxyl groups is 1. The number of rotatable bonds is 4. The fourth-order valence-corrected chi connectivity index (χ4v) is 1.84. The Bertz CT molecular complexity index is 898. The van der Waals surface area contributed by atoms with Gasteiger partial charge in [-0.25, -0.2) is 10.4 Å². The first-order valence-corrected chi connectivity index (χ1v) is 6.27. The van der Waals surface area contributed by atoms with Crippen molar-refractivity contribution in [1.82, 2.24) is 19.9 Å². The lowest BCUT2D eigenvalue weighted by atomic mass is 10.2. The van der Waals surface area contributed by atoms with Gasteiger partial charge in [0.2, 0.25) is 5.95 Å². The van der Waals surface area contributed by atoms with Crippen molar-refractivity contribution in [2.24, 2.45) is 5.10 Å². The Balaban J connectivity index is 1.78. The van der Waals surface area contributed by atoms with E-state index in [9.17, 15) is 9.90 Å². The van der Waals surface area contributed by atoms with Crippen LogP contribution in [0.1, 0.15) is 5.56 Å². The number of H-pyrrole nitrogens is 2. The first-order chi connectivity index (χ1) is 10.7. The van der Waals surface area contributed by atoms with Gasteiger partial charge in [-0.05, 0) is 23.8 Å². The molecule has 3 rings (SSSR count). The SMILES string of the molecule is COc1cc(/C=N/Nc2nc3nc[nH]c(=O)c3[nH]2)ccc1O. The van der Waals surface area contributed by atoms with Crippen LogP contribution in [0, 0.1) is 0 Å². The Hall–Kier alpha value is -3.36. The molecular weight excluding hydrogens is 288 g/mol. The molecule has 0 unspecified atom stereocenters. The third kappa shape index (κ3) is 2.59. The van der Waals surface area contributed by atoms with Crippen LogP contribution in [0.25, 0.3) is 11.2 Å². The van der Waals surface area contributed by atoms with E-state index in [1.165, 1.54) is 25.7 Å². The number of nitrogens with zero attached hydrogens (tertiary/aromatic N) is 3. The molecule has 0 spiro atoms. The van der Waals surface area contributed by atoms with Gasteiger partial charge in [-0.2, -0.15) is 10.1 Å². The zero-order chi connectivity index (χ0) is 15.5. The number of aromatic nitrogens is 4. The van der Waals surface area contributed by atoms with Crippen molar-refractivity contribution in [3.8, 4) is 11.5 Å². The molecule has 0 aliphatic rings. The van der Waals surface area contributed by atoms with Gasteiger partial charge >= 0.3 is 0 Å². The topological polar surface area (TPSA) is 128 Å².